The van der Waals surface area contributed by atoms with Crippen LogP contribution in [0.2, 0.25) is 0 Å². The minimum Gasteiger partial charge on any atom is -0.339 e. The number of pyridine rings is 1. The molecule has 1 N–H and O–H groups in total. The van der Waals surface area contributed by atoms with Crippen LogP contribution in [0.4, 0.5) is 11.4 Å². The fraction of sp³-hybridized carbons (Fsp3) is 0.200. The van der Waals surface area contributed by atoms with Gasteiger partial charge in [0, 0.05) is 60.6 Å². The van der Waals surface area contributed by atoms with E-state index in [2.05, 4.69) is 10.3 Å². The molecule has 10 nitrogen and oxygen atoms in total. The number of nitro benzene ring substituents is 1. The van der Waals surface area contributed by atoms with E-state index < -0.39 is 4.92 Å². The number of likely N-dealkylation sites (tertiary alicyclic amines) is 1. The summed E-state index contributed by atoms with van der Waals surface area (Å²) >= 11 is 0. The molecule has 0 saturated carbocycles. The van der Waals surface area contributed by atoms with Gasteiger partial charge in [0.2, 0.25) is 5.91 Å². The van der Waals surface area contributed by atoms with Gasteiger partial charge in [-0.1, -0.05) is 12.1 Å². The lowest BCUT2D eigenvalue weighted by molar-refractivity contribution is -0.385. The molecule has 202 valence electrons. The Bertz CT molecular complexity index is 1560. The van der Waals surface area contributed by atoms with Crippen LogP contribution in [0.15, 0.2) is 85.5 Å². The summed E-state index contributed by atoms with van der Waals surface area (Å²) in [6.07, 6.45) is 9.44. The number of nitro groups is 1. The second kappa shape index (κ2) is 11.7. The average Bonchev–Trinajstić information content (AvgIpc) is 3.51. The Morgan fingerprint density at radius 1 is 1.05 bits per heavy atom. The molecule has 1 saturated heterocycles. The monoisotopic (exact) mass is 536 g/mol. The molecule has 4 aromatic rings. The molecule has 0 aliphatic carbocycles. The number of nitrogens with one attached hydrogen (secondary N) is 1. The SMILES string of the molecule is Cc1ccc(C(=O)Nc2ccc(-n3ccnc3)cc2)c(C2CCN(C(=O)C=Cc3ccccc3[N+](=O)[O-])CC2)n1. The van der Waals surface area contributed by atoms with Crippen LogP contribution in [0.5, 0.6) is 0 Å². The van der Waals surface area contributed by atoms with Crippen LogP contribution < -0.4 is 5.32 Å². The van der Waals surface area contributed by atoms with Gasteiger partial charge in [-0.15, -0.1) is 0 Å². The number of aryl methyl sites for hydroxylation is 1. The van der Waals surface area contributed by atoms with Crippen molar-refractivity contribution in [3.63, 3.8) is 0 Å². The second-order valence-electron chi connectivity index (χ2n) is 9.61. The first-order valence-corrected chi connectivity index (χ1v) is 13.0. The Morgan fingerprint density at radius 3 is 2.50 bits per heavy atom. The molecule has 2 aromatic carbocycles. The summed E-state index contributed by atoms with van der Waals surface area (Å²) in [5.41, 5.74) is 4.02. The molecule has 1 aliphatic rings. The van der Waals surface area contributed by atoms with Gasteiger partial charge in [0.15, 0.2) is 0 Å². The van der Waals surface area contributed by atoms with Crippen molar-refractivity contribution in [2.24, 2.45) is 0 Å². The molecule has 10 heteroatoms. The number of amides is 2. The molecule has 40 heavy (non-hydrogen) atoms. The van der Waals surface area contributed by atoms with Gasteiger partial charge in [0.1, 0.15) is 0 Å². The third kappa shape index (κ3) is 5.96. The average molecular weight is 537 g/mol. The van der Waals surface area contributed by atoms with E-state index in [1.54, 1.807) is 41.7 Å². The predicted molar refractivity (Wildman–Crippen MR) is 151 cm³/mol. The van der Waals surface area contributed by atoms with Crippen LogP contribution in [0, 0.1) is 17.0 Å². The van der Waals surface area contributed by atoms with Crippen molar-refractivity contribution in [1.29, 1.82) is 0 Å². The van der Waals surface area contributed by atoms with E-state index in [0.29, 0.717) is 42.7 Å². The van der Waals surface area contributed by atoms with E-state index in [0.717, 1.165) is 17.1 Å². The van der Waals surface area contributed by atoms with Crippen LogP contribution in [0.1, 0.15) is 46.1 Å². The standard InChI is InChI=1S/C30H28N6O4/c1-21-6-12-26(30(38)33-24-8-10-25(11-9-24)35-19-16-31-20-35)29(32-21)23-14-17-34(18-15-23)28(37)13-7-22-4-2-3-5-27(22)36(39)40/h2-13,16,19-20,23H,14-15,17-18H2,1H3,(H,33,38). The van der Waals surface area contributed by atoms with Gasteiger partial charge in [0.25, 0.3) is 11.6 Å². The van der Waals surface area contributed by atoms with Gasteiger partial charge in [-0.25, -0.2) is 4.98 Å². The number of aromatic nitrogens is 3. The second-order valence-corrected chi connectivity index (χ2v) is 9.61. The van der Waals surface area contributed by atoms with E-state index in [1.807, 2.05) is 48.0 Å². The topological polar surface area (TPSA) is 123 Å². The maximum Gasteiger partial charge on any atom is 0.276 e. The molecule has 0 spiro atoms. The number of rotatable bonds is 7. The minimum atomic E-state index is -0.464. The van der Waals surface area contributed by atoms with Gasteiger partial charge >= 0.3 is 0 Å². The Morgan fingerprint density at radius 2 is 1.80 bits per heavy atom. The van der Waals surface area contributed by atoms with E-state index in [1.165, 1.54) is 18.2 Å². The van der Waals surface area contributed by atoms with Crippen molar-refractivity contribution in [1.82, 2.24) is 19.4 Å². The molecular formula is C30H28N6O4. The zero-order valence-corrected chi connectivity index (χ0v) is 21.9. The molecule has 0 atom stereocenters. The van der Waals surface area contributed by atoms with Gasteiger partial charge in [-0.2, -0.15) is 0 Å². The number of nitrogens with zero attached hydrogens (tertiary/aromatic N) is 5. The molecule has 1 aliphatic heterocycles. The third-order valence-electron chi connectivity index (χ3n) is 6.97. The van der Waals surface area contributed by atoms with Crippen molar-refractivity contribution in [2.75, 3.05) is 18.4 Å². The highest BCUT2D eigenvalue weighted by molar-refractivity contribution is 6.05. The molecule has 0 unspecified atom stereocenters. The summed E-state index contributed by atoms with van der Waals surface area (Å²) in [5.74, 6) is -0.415. The summed E-state index contributed by atoms with van der Waals surface area (Å²) in [6.45, 7) is 2.89. The molecular weight excluding hydrogens is 508 g/mol. The number of imidazole rings is 1. The quantitative estimate of drug-likeness (QED) is 0.198. The summed E-state index contributed by atoms with van der Waals surface area (Å²) in [6, 6.07) is 17.4. The summed E-state index contributed by atoms with van der Waals surface area (Å²) in [4.78, 5) is 47.4. The lowest BCUT2D eigenvalue weighted by atomic mass is 9.89. The molecule has 2 amide bonds. The molecule has 1 fully saturated rings. The third-order valence-corrected chi connectivity index (χ3v) is 6.97. The van der Waals surface area contributed by atoms with E-state index in [9.17, 15) is 19.7 Å². The summed E-state index contributed by atoms with van der Waals surface area (Å²) in [7, 11) is 0. The number of hydrogen-bond acceptors (Lipinski definition) is 6. The number of hydrogen-bond donors (Lipinski definition) is 1. The number of benzene rings is 2. The highest BCUT2D eigenvalue weighted by Crippen LogP contribution is 2.30. The van der Waals surface area contributed by atoms with Crippen LogP contribution in [0.25, 0.3) is 11.8 Å². The largest absolute Gasteiger partial charge is 0.339 e. The Hall–Kier alpha value is -5.12. The predicted octanol–water partition coefficient (Wildman–Crippen LogP) is 5.16. The van der Waals surface area contributed by atoms with Crippen LogP contribution in [-0.2, 0) is 4.79 Å². The minimum absolute atomic E-state index is 0.0208. The number of carbonyl (C=O) groups excluding carboxylic acids is 2. The molecule has 3 heterocycles. The fourth-order valence-electron chi connectivity index (χ4n) is 4.84. The zero-order chi connectivity index (χ0) is 28.1. The van der Waals surface area contributed by atoms with E-state index >= 15 is 0 Å². The van der Waals surface area contributed by atoms with Crippen molar-refractivity contribution in [3.8, 4) is 5.69 Å². The lowest BCUT2D eigenvalue weighted by Crippen LogP contribution is -2.37. The Labute approximate surface area is 231 Å². The smallest absolute Gasteiger partial charge is 0.276 e. The first-order valence-electron chi connectivity index (χ1n) is 13.0. The van der Waals surface area contributed by atoms with Crippen LogP contribution >= 0.6 is 0 Å². The first-order chi connectivity index (χ1) is 19.4. The molecule has 0 radical (unpaired) electrons. The molecule has 2 aromatic heterocycles. The van der Waals surface area contributed by atoms with Gasteiger partial charge in [-0.05, 0) is 68.3 Å². The van der Waals surface area contributed by atoms with E-state index in [-0.39, 0.29) is 23.4 Å². The molecule has 5 rings (SSSR count). The lowest BCUT2D eigenvalue weighted by Gasteiger charge is -2.32. The number of carbonyl (C=O) groups is 2. The fourth-order valence-corrected chi connectivity index (χ4v) is 4.84. The van der Waals surface area contributed by atoms with Crippen LogP contribution in [-0.4, -0.2) is 49.3 Å². The Kier molecular flexibility index (Phi) is 7.77. The van der Waals surface area contributed by atoms with Crippen molar-refractivity contribution in [2.45, 2.75) is 25.7 Å². The zero-order valence-electron chi connectivity index (χ0n) is 21.9. The Balaban J connectivity index is 1.24. The maximum atomic E-state index is 13.3. The van der Waals surface area contributed by atoms with E-state index in [4.69, 9.17) is 4.98 Å². The van der Waals surface area contributed by atoms with Crippen molar-refractivity contribution >= 4 is 29.3 Å². The highest BCUT2D eigenvalue weighted by Gasteiger charge is 2.27. The van der Waals surface area contributed by atoms with Gasteiger partial charge in [-0.3, -0.25) is 24.7 Å². The van der Waals surface area contributed by atoms with Crippen molar-refractivity contribution < 1.29 is 14.5 Å². The van der Waals surface area contributed by atoms with Gasteiger partial charge < -0.3 is 14.8 Å². The summed E-state index contributed by atoms with van der Waals surface area (Å²) in [5, 5.41) is 14.2. The van der Waals surface area contributed by atoms with Gasteiger partial charge in [0.05, 0.1) is 28.1 Å². The van der Waals surface area contributed by atoms with Crippen molar-refractivity contribution in [3.05, 3.63) is 118 Å². The summed E-state index contributed by atoms with van der Waals surface area (Å²) < 4.78 is 1.88. The normalized spacial score (nSPS) is 13.9. The maximum absolute atomic E-state index is 13.3. The first kappa shape index (κ1) is 26.5. The van der Waals surface area contributed by atoms with Crippen LogP contribution in [0.3, 0.4) is 0 Å². The number of anilines is 1. The number of para-hydroxylation sites is 1. The highest BCUT2D eigenvalue weighted by atomic mass is 16.6. The number of piperidine rings is 1. The molecule has 0 bridgehead atoms.